The minimum absolute atomic E-state index is 0.169. The van der Waals surface area contributed by atoms with Gasteiger partial charge in [0, 0.05) is 11.7 Å². The van der Waals surface area contributed by atoms with Crippen molar-refractivity contribution >= 4 is 15.7 Å². The molecule has 2 unspecified atom stereocenters. The largest absolute Gasteiger partial charge is 0.382 e. The van der Waals surface area contributed by atoms with E-state index in [9.17, 15) is 8.42 Å². The second kappa shape index (κ2) is 6.79. The monoisotopic (exact) mass is 310 g/mol. The summed E-state index contributed by atoms with van der Waals surface area (Å²) in [4.78, 5) is 0.169. The summed E-state index contributed by atoms with van der Waals surface area (Å²) in [6.45, 7) is 4.54. The van der Waals surface area contributed by atoms with Gasteiger partial charge in [-0.05, 0) is 49.3 Å². The van der Waals surface area contributed by atoms with Crippen molar-refractivity contribution in [3.05, 3.63) is 24.3 Å². The first-order valence-corrected chi connectivity index (χ1v) is 9.28. The van der Waals surface area contributed by atoms with Crippen LogP contribution in [0.25, 0.3) is 0 Å². The number of rotatable bonds is 5. The molecule has 2 rings (SSSR count). The first kappa shape index (κ1) is 16.3. The average Bonchev–Trinajstić information content (AvgIpc) is 2.37. The van der Waals surface area contributed by atoms with Gasteiger partial charge in [0.2, 0.25) is 10.0 Å². The number of nitrogens with one attached hydrogen (secondary N) is 1. The van der Waals surface area contributed by atoms with E-state index in [1.807, 2.05) is 6.07 Å². The second-order valence-electron chi connectivity index (χ2n) is 6.58. The minimum atomic E-state index is -3.63. The van der Waals surface area contributed by atoms with Crippen molar-refractivity contribution < 1.29 is 8.42 Å². The number of primary sulfonamides is 1. The minimum Gasteiger partial charge on any atom is -0.382 e. The Bertz CT molecular complexity index is 569. The number of sulfonamides is 1. The van der Waals surface area contributed by atoms with Gasteiger partial charge in [-0.25, -0.2) is 13.6 Å². The summed E-state index contributed by atoms with van der Waals surface area (Å²) < 4.78 is 22.8. The molecule has 3 N–H and O–H groups in total. The van der Waals surface area contributed by atoms with Gasteiger partial charge in [0.15, 0.2) is 0 Å². The Hall–Kier alpha value is -1.07. The van der Waals surface area contributed by atoms with Crippen LogP contribution in [0.15, 0.2) is 29.2 Å². The maximum absolute atomic E-state index is 11.4. The molecule has 0 aromatic heterocycles. The van der Waals surface area contributed by atoms with Crippen molar-refractivity contribution in [2.45, 2.75) is 56.9 Å². The molecule has 0 bridgehead atoms. The number of benzene rings is 1. The molecule has 0 aliphatic heterocycles. The first-order valence-electron chi connectivity index (χ1n) is 7.74. The molecule has 0 amide bonds. The van der Waals surface area contributed by atoms with E-state index < -0.39 is 10.0 Å². The third-order valence-corrected chi connectivity index (χ3v) is 5.03. The van der Waals surface area contributed by atoms with Crippen LogP contribution in [0.4, 0.5) is 5.69 Å². The zero-order valence-corrected chi connectivity index (χ0v) is 13.7. The van der Waals surface area contributed by atoms with Gasteiger partial charge < -0.3 is 5.32 Å². The Morgan fingerprint density at radius 1 is 1.33 bits per heavy atom. The Morgan fingerprint density at radius 2 is 2.10 bits per heavy atom. The molecule has 118 valence electrons. The summed E-state index contributed by atoms with van der Waals surface area (Å²) >= 11 is 0. The van der Waals surface area contributed by atoms with E-state index in [4.69, 9.17) is 5.14 Å². The predicted octanol–water partition coefficient (Wildman–Crippen LogP) is 3.35. The molecular formula is C16H26N2O2S. The quantitative estimate of drug-likeness (QED) is 0.876. The molecule has 21 heavy (non-hydrogen) atoms. The van der Waals surface area contributed by atoms with Gasteiger partial charge in [-0.2, -0.15) is 0 Å². The highest BCUT2D eigenvalue weighted by Crippen LogP contribution is 2.31. The molecule has 4 nitrogen and oxygen atoms in total. The molecule has 0 saturated heterocycles. The lowest BCUT2D eigenvalue weighted by atomic mass is 9.81. The van der Waals surface area contributed by atoms with Gasteiger partial charge in [0.05, 0.1) is 4.90 Å². The lowest BCUT2D eigenvalue weighted by molar-refractivity contribution is 0.289. The number of hydrogen-bond donors (Lipinski definition) is 2. The standard InChI is InChI=1S/C16H26N2O2S/c1-12(2)9-13-5-3-6-14(10-13)18-15-7-4-8-16(11-15)21(17,19)20/h4,7-8,11-14,18H,3,5-6,9-10H2,1-2H3,(H2,17,19,20). The summed E-state index contributed by atoms with van der Waals surface area (Å²) in [5.74, 6) is 1.51. The lowest BCUT2D eigenvalue weighted by Gasteiger charge is -2.31. The summed E-state index contributed by atoms with van der Waals surface area (Å²) in [7, 11) is -3.63. The Balaban J connectivity index is 2.01. The maximum atomic E-state index is 11.4. The summed E-state index contributed by atoms with van der Waals surface area (Å²) in [5.41, 5.74) is 0.844. The molecule has 0 radical (unpaired) electrons. The number of nitrogens with two attached hydrogens (primary N) is 1. The van der Waals surface area contributed by atoms with Gasteiger partial charge in [-0.15, -0.1) is 0 Å². The van der Waals surface area contributed by atoms with E-state index in [-0.39, 0.29) is 4.90 Å². The van der Waals surface area contributed by atoms with Gasteiger partial charge in [0.25, 0.3) is 0 Å². The van der Waals surface area contributed by atoms with Crippen LogP contribution in [0.2, 0.25) is 0 Å². The van der Waals surface area contributed by atoms with Crippen molar-refractivity contribution in [2.75, 3.05) is 5.32 Å². The van der Waals surface area contributed by atoms with Crippen LogP contribution in [0.1, 0.15) is 46.0 Å². The fourth-order valence-corrected chi connectivity index (χ4v) is 3.86. The van der Waals surface area contributed by atoms with E-state index in [2.05, 4.69) is 19.2 Å². The summed E-state index contributed by atoms with van der Waals surface area (Å²) in [6, 6.07) is 7.22. The Kier molecular flexibility index (Phi) is 5.27. The molecular weight excluding hydrogens is 284 g/mol. The van der Waals surface area contributed by atoms with E-state index in [1.165, 1.54) is 25.3 Å². The molecule has 0 spiro atoms. The lowest BCUT2D eigenvalue weighted by Crippen LogP contribution is -2.28. The van der Waals surface area contributed by atoms with E-state index in [0.29, 0.717) is 6.04 Å². The zero-order chi connectivity index (χ0) is 15.5. The maximum Gasteiger partial charge on any atom is 0.238 e. The highest BCUT2D eigenvalue weighted by Gasteiger charge is 2.22. The molecule has 1 aromatic rings. The van der Waals surface area contributed by atoms with Crippen LogP contribution in [0, 0.1) is 11.8 Å². The molecule has 1 fully saturated rings. The van der Waals surface area contributed by atoms with Crippen molar-refractivity contribution in [1.82, 2.24) is 0 Å². The third kappa shape index (κ3) is 5.00. The van der Waals surface area contributed by atoms with Crippen LogP contribution >= 0.6 is 0 Å². The predicted molar refractivity (Wildman–Crippen MR) is 86.6 cm³/mol. The topological polar surface area (TPSA) is 72.2 Å². The van der Waals surface area contributed by atoms with Crippen molar-refractivity contribution in [3.63, 3.8) is 0 Å². The SMILES string of the molecule is CC(C)CC1CCCC(Nc2cccc(S(N)(=O)=O)c2)C1. The summed E-state index contributed by atoms with van der Waals surface area (Å²) in [6.07, 6.45) is 6.14. The number of hydrogen-bond acceptors (Lipinski definition) is 3. The number of anilines is 1. The molecule has 1 saturated carbocycles. The van der Waals surface area contributed by atoms with Gasteiger partial charge >= 0.3 is 0 Å². The molecule has 5 heteroatoms. The van der Waals surface area contributed by atoms with Crippen molar-refractivity contribution in [2.24, 2.45) is 17.0 Å². The van der Waals surface area contributed by atoms with Crippen molar-refractivity contribution in [3.8, 4) is 0 Å². The zero-order valence-electron chi connectivity index (χ0n) is 12.9. The smallest absolute Gasteiger partial charge is 0.238 e. The van der Waals surface area contributed by atoms with Crippen LogP contribution in [0.5, 0.6) is 0 Å². The van der Waals surface area contributed by atoms with Crippen LogP contribution in [-0.4, -0.2) is 14.5 Å². The summed E-state index contributed by atoms with van der Waals surface area (Å²) in [5, 5.41) is 8.66. The average molecular weight is 310 g/mol. The molecule has 1 aliphatic rings. The van der Waals surface area contributed by atoms with E-state index in [0.717, 1.165) is 30.4 Å². The fraction of sp³-hybridized carbons (Fsp3) is 0.625. The van der Waals surface area contributed by atoms with E-state index >= 15 is 0 Å². The Labute approximate surface area is 128 Å². The molecule has 1 aliphatic carbocycles. The second-order valence-corrected chi connectivity index (χ2v) is 8.14. The highest BCUT2D eigenvalue weighted by atomic mass is 32.2. The highest BCUT2D eigenvalue weighted by molar-refractivity contribution is 7.89. The molecule has 0 heterocycles. The van der Waals surface area contributed by atoms with Gasteiger partial charge in [-0.1, -0.05) is 32.8 Å². The molecule has 1 aromatic carbocycles. The first-order chi connectivity index (χ1) is 9.84. The Morgan fingerprint density at radius 3 is 2.76 bits per heavy atom. The normalized spacial score (nSPS) is 23.2. The van der Waals surface area contributed by atoms with Gasteiger partial charge in [-0.3, -0.25) is 0 Å². The van der Waals surface area contributed by atoms with E-state index in [1.54, 1.807) is 12.1 Å². The van der Waals surface area contributed by atoms with Crippen LogP contribution < -0.4 is 10.5 Å². The van der Waals surface area contributed by atoms with Gasteiger partial charge in [0.1, 0.15) is 0 Å². The molecule has 2 atom stereocenters. The van der Waals surface area contributed by atoms with Crippen LogP contribution in [0.3, 0.4) is 0 Å². The van der Waals surface area contributed by atoms with Crippen LogP contribution in [-0.2, 0) is 10.0 Å². The third-order valence-electron chi connectivity index (χ3n) is 4.12. The van der Waals surface area contributed by atoms with Crippen molar-refractivity contribution in [1.29, 1.82) is 0 Å². The fourth-order valence-electron chi connectivity index (χ4n) is 3.30.